The minimum Gasteiger partial charge on any atom is -0.397 e. The molecule has 1 saturated heterocycles. The summed E-state index contributed by atoms with van der Waals surface area (Å²) >= 11 is 0. The summed E-state index contributed by atoms with van der Waals surface area (Å²) in [5.41, 5.74) is 6.31. The number of pyridine rings is 1. The van der Waals surface area contributed by atoms with E-state index in [0.29, 0.717) is 18.9 Å². The molecule has 2 rings (SSSR count). The van der Waals surface area contributed by atoms with Gasteiger partial charge in [0.15, 0.2) is 0 Å². The number of rotatable bonds is 4. The molecule has 17 heavy (non-hydrogen) atoms. The number of nitrogens with zero attached hydrogens (tertiary/aromatic N) is 2. The lowest BCUT2D eigenvalue weighted by atomic mass is 10.2. The summed E-state index contributed by atoms with van der Waals surface area (Å²) in [7, 11) is 0. The van der Waals surface area contributed by atoms with E-state index in [9.17, 15) is 0 Å². The van der Waals surface area contributed by atoms with E-state index in [1.165, 1.54) is 0 Å². The van der Waals surface area contributed by atoms with E-state index in [0.717, 1.165) is 25.5 Å². The van der Waals surface area contributed by atoms with E-state index in [-0.39, 0.29) is 6.10 Å². The molecule has 0 aliphatic carbocycles. The normalized spacial score (nSPS) is 20.5. The van der Waals surface area contributed by atoms with Crippen molar-refractivity contribution >= 4 is 11.5 Å². The van der Waals surface area contributed by atoms with Gasteiger partial charge in [0.2, 0.25) is 0 Å². The van der Waals surface area contributed by atoms with Gasteiger partial charge >= 0.3 is 0 Å². The van der Waals surface area contributed by atoms with Gasteiger partial charge in [-0.05, 0) is 19.1 Å². The van der Waals surface area contributed by atoms with Gasteiger partial charge in [-0.3, -0.25) is 0 Å². The molecular formula is C12H19N3O2. The molecule has 1 aliphatic rings. The Bertz CT molecular complexity index is 342. The smallest absolute Gasteiger partial charge is 0.128 e. The lowest BCUT2D eigenvalue weighted by molar-refractivity contribution is -0.0209. The molecule has 0 aromatic carbocycles. The molecule has 1 aliphatic heterocycles. The van der Waals surface area contributed by atoms with Crippen molar-refractivity contribution in [2.75, 3.05) is 43.5 Å². The Hall–Kier alpha value is -1.33. The van der Waals surface area contributed by atoms with Gasteiger partial charge in [0.1, 0.15) is 5.82 Å². The van der Waals surface area contributed by atoms with Crippen molar-refractivity contribution in [2.24, 2.45) is 0 Å². The predicted molar refractivity (Wildman–Crippen MR) is 67.1 cm³/mol. The highest BCUT2D eigenvalue weighted by Crippen LogP contribution is 2.16. The minimum absolute atomic E-state index is 0.128. The fourth-order valence-electron chi connectivity index (χ4n) is 1.86. The van der Waals surface area contributed by atoms with Crippen LogP contribution in [0.25, 0.3) is 0 Å². The zero-order valence-corrected chi connectivity index (χ0v) is 10.1. The van der Waals surface area contributed by atoms with E-state index in [1.54, 1.807) is 6.20 Å². The lowest BCUT2D eigenvalue weighted by Gasteiger charge is -2.33. The van der Waals surface area contributed by atoms with Crippen molar-refractivity contribution in [1.29, 1.82) is 0 Å². The van der Waals surface area contributed by atoms with Crippen LogP contribution >= 0.6 is 0 Å². The highest BCUT2D eigenvalue weighted by Gasteiger charge is 2.21. The summed E-state index contributed by atoms with van der Waals surface area (Å²) in [6.45, 7) is 5.74. The molecule has 0 radical (unpaired) electrons. The predicted octanol–water partition coefficient (Wildman–Crippen LogP) is 0.906. The molecule has 0 saturated carbocycles. The molecule has 0 bridgehead atoms. The van der Waals surface area contributed by atoms with E-state index >= 15 is 0 Å². The second-order valence-electron chi connectivity index (χ2n) is 4.05. The number of nitrogen functional groups attached to an aromatic ring is 1. The summed E-state index contributed by atoms with van der Waals surface area (Å²) in [4.78, 5) is 6.52. The Morgan fingerprint density at radius 3 is 3.18 bits per heavy atom. The first-order chi connectivity index (χ1) is 8.29. The molecule has 0 spiro atoms. The number of ether oxygens (including phenoxy) is 2. The van der Waals surface area contributed by atoms with Gasteiger partial charge in [-0.15, -0.1) is 0 Å². The Balaban J connectivity index is 1.94. The summed E-state index contributed by atoms with van der Waals surface area (Å²) in [6.07, 6.45) is 1.81. The van der Waals surface area contributed by atoms with Gasteiger partial charge in [-0.1, -0.05) is 0 Å². The van der Waals surface area contributed by atoms with E-state index in [4.69, 9.17) is 15.2 Å². The minimum atomic E-state index is 0.128. The van der Waals surface area contributed by atoms with Gasteiger partial charge in [-0.25, -0.2) is 4.98 Å². The van der Waals surface area contributed by atoms with Gasteiger partial charge in [0.05, 0.1) is 31.2 Å². The fourth-order valence-corrected chi connectivity index (χ4v) is 1.86. The van der Waals surface area contributed by atoms with Crippen molar-refractivity contribution < 1.29 is 9.47 Å². The number of nitrogens with two attached hydrogens (primary N) is 1. The molecule has 1 aromatic rings. The Morgan fingerprint density at radius 1 is 1.59 bits per heavy atom. The van der Waals surface area contributed by atoms with Gasteiger partial charge in [-0.2, -0.15) is 0 Å². The number of hydrogen-bond acceptors (Lipinski definition) is 5. The Morgan fingerprint density at radius 2 is 2.47 bits per heavy atom. The van der Waals surface area contributed by atoms with Gasteiger partial charge in [0.25, 0.3) is 0 Å². The van der Waals surface area contributed by atoms with Crippen molar-refractivity contribution in [3.63, 3.8) is 0 Å². The molecule has 5 heteroatoms. The zero-order valence-electron chi connectivity index (χ0n) is 10.1. The van der Waals surface area contributed by atoms with Crippen LogP contribution in [0.1, 0.15) is 6.92 Å². The van der Waals surface area contributed by atoms with Crippen LogP contribution in [0.4, 0.5) is 11.5 Å². The third kappa shape index (κ3) is 3.31. The number of morpholine rings is 1. The van der Waals surface area contributed by atoms with Crippen molar-refractivity contribution in [3.8, 4) is 0 Å². The molecule has 0 amide bonds. The van der Waals surface area contributed by atoms with Crippen molar-refractivity contribution in [3.05, 3.63) is 18.3 Å². The van der Waals surface area contributed by atoms with Crippen LogP contribution in [0.5, 0.6) is 0 Å². The maximum Gasteiger partial charge on any atom is 0.128 e. The number of anilines is 2. The summed E-state index contributed by atoms with van der Waals surface area (Å²) < 4.78 is 11.0. The second-order valence-corrected chi connectivity index (χ2v) is 4.05. The molecular weight excluding hydrogens is 218 g/mol. The fraction of sp³-hybridized carbons (Fsp3) is 0.583. The summed E-state index contributed by atoms with van der Waals surface area (Å²) in [5.74, 6) is 0.948. The third-order valence-corrected chi connectivity index (χ3v) is 2.74. The Labute approximate surface area is 102 Å². The first kappa shape index (κ1) is 12.1. The molecule has 1 unspecified atom stereocenters. The number of aromatic nitrogens is 1. The van der Waals surface area contributed by atoms with Crippen LogP contribution in [-0.4, -0.2) is 44.0 Å². The molecule has 5 nitrogen and oxygen atoms in total. The van der Waals surface area contributed by atoms with Crippen LogP contribution in [0.15, 0.2) is 18.3 Å². The average Bonchev–Trinajstić information content (AvgIpc) is 2.37. The van der Waals surface area contributed by atoms with Crippen LogP contribution in [0.2, 0.25) is 0 Å². The highest BCUT2D eigenvalue weighted by atomic mass is 16.5. The van der Waals surface area contributed by atoms with E-state index in [1.807, 2.05) is 19.1 Å². The topological polar surface area (TPSA) is 60.6 Å². The Kier molecular flexibility index (Phi) is 4.17. The largest absolute Gasteiger partial charge is 0.397 e. The van der Waals surface area contributed by atoms with E-state index < -0.39 is 0 Å². The maximum absolute atomic E-state index is 5.64. The van der Waals surface area contributed by atoms with Crippen molar-refractivity contribution in [2.45, 2.75) is 13.0 Å². The van der Waals surface area contributed by atoms with Crippen LogP contribution < -0.4 is 10.6 Å². The lowest BCUT2D eigenvalue weighted by Crippen LogP contribution is -2.44. The maximum atomic E-state index is 5.64. The van der Waals surface area contributed by atoms with Crippen molar-refractivity contribution in [1.82, 2.24) is 4.98 Å². The van der Waals surface area contributed by atoms with Gasteiger partial charge < -0.3 is 20.1 Å². The second kappa shape index (κ2) is 5.84. The zero-order chi connectivity index (χ0) is 12.1. The standard InChI is InChI=1S/C12H19N3O2/c1-2-16-9-11-8-15(5-6-17-11)12-4-3-10(13)7-14-12/h3-4,7,11H,2,5-6,8-9,13H2,1H3. The number of hydrogen-bond donors (Lipinski definition) is 1. The third-order valence-electron chi connectivity index (χ3n) is 2.74. The summed E-state index contributed by atoms with van der Waals surface area (Å²) in [6, 6.07) is 3.81. The average molecular weight is 237 g/mol. The van der Waals surface area contributed by atoms with Crippen LogP contribution in [-0.2, 0) is 9.47 Å². The highest BCUT2D eigenvalue weighted by molar-refractivity contribution is 5.46. The summed E-state index contributed by atoms with van der Waals surface area (Å²) in [5, 5.41) is 0. The van der Waals surface area contributed by atoms with Crippen LogP contribution in [0.3, 0.4) is 0 Å². The molecule has 94 valence electrons. The SMILES string of the molecule is CCOCC1CN(c2ccc(N)cn2)CCO1. The molecule has 2 N–H and O–H groups in total. The molecule has 1 aromatic heterocycles. The first-order valence-electron chi connectivity index (χ1n) is 5.95. The quantitative estimate of drug-likeness (QED) is 0.843. The van der Waals surface area contributed by atoms with E-state index in [2.05, 4.69) is 9.88 Å². The molecule has 2 heterocycles. The monoisotopic (exact) mass is 237 g/mol. The van der Waals surface area contributed by atoms with Gasteiger partial charge in [0, 0.05) is 19.7 Å². The first-order valence-corrected chi connectivity index (χ1v) is 5.95. The van der Waals surface area contributed by atoms with Crippen LogP contribution in [0, 0.1) is 0 Å². The molecule has 1 fully saturated rings. The molecule has 1 atom stereocenters.